The second kappa shape index (κ2) is 9.25. The van der Waals surface area contributed by atoms with E-state index in [1.807, 2.05) is 82.8 Å². The highest BCUT2D eigenvalue weighted by Crippen LogP contribution is 2.43. The normalized spacial score (nSPS) is 12.7. The number of amides is 1. The van der Waals surface area contributed by atoms with Crippen molar-refractivity contribution in [3.63, 3.8) is 0 Å². The molecule has 6 nitrogen and oxygen atoms in total. The maximum Gasteiger partial charge on any atom is 0.274 e. The van der Waals surface area contributed by atoms with E-state index in [0.29, 0.717) is 17.2 Å². The van der Waals surface area contributed by atoms with Gasteiger partial charge in [-0.1, -0.05) is 24.8 Å². The third-order valence-electron chi connectivity index (χ3n) is 6.50. The molecule has 0 fully saturated rings. The highest BCUT2D eigenvalue weighted by atomic mass is 16.5. The first-order chi connectivity index (χ1) is 16.5. The summed E-state index contributed by atoms with van der Waals surface area (Å²) in [7, 11) is 3.50. The molecule has 0 atom stereocenters. The lowest BCUT2D eigenvalue weighted by molar-refractivity contribution is 0.0648. The Morgan fingerprint density at radius 2 is 1.91 bits per heavy atom. The first-order valence-electron chi connectivity index (χ1n) is 12.1. The SMILES string of the molecule is C=Cc1cccc(-n2nc(C(=O)N(C)C(C)(C)C)c3c2-c2cc(OC(C)C)c(OC)cc2CC3)c1. The van der Waals surface area contributed by atoms with E-state index in [9.17, 15) is 4.79 Å². The fraction of sp³-hybridized carbons (Fsp3) is 0.379. The zero-order chi connectivity index (χ0) is 25.5. The van der Waals surface area contributed by atoms with Gasteiger partial charge in [-0.3, -0.25) is 4.79 Å². The molecule has 0 N–H and O–H groups in total. The second-order valence-corrected chi connectivity index (χ2v) is 10.2. The second-order valence-electron chi connectivity index (χ2n) is 10.2. The molecule has 1 amide bonds. The number of carbonyl (C=O) groups is 1. The van der Waals surface area contributed by atoms with Gasteiger partial charge in [0.05, 0.1) is 24.6 Å². The van der Waals surface area contributed by atoms with Crippen molar-refractivity contribution in [3.8, 4) is 28.4 Å². The summed E-state index contributed by atoms with van der Waals surface area (Å²) in [6.07, 6.45) is 3.32. The molecule has 0 aliphatic heterocycles. The molecule has 184 valence electrons. The minimum atomic E-state index is -0.325. The van der Waals surface area contributed by atoms with E-state index in [1.165, 1.54) is 0 Å². The summed E-state index contributed by atoms with van der Waals surface area (Å²) in [4.78, 5) is 15.4. The van der Waals surface area contributed by atoms with E-state index >= 15 is 0 Å². The standard InChI is InChI=1S/C29H35N3O3/c1-9-19-11-10-12-21(15-19)32-27-22(26(30-32)28(33)31(7)29(4,5)6)14-13-20-16-24(34-8)25(17-23(20)27)35-18(2)3/h9-12,15-18H,1,13-14H2,2-8H3. The van der Waals surface area contributed by atoms with Crippen LogP contribution in [0.2, 0.25) is 0 Å². The predicted molar refractivity (Wildman–Crippen MR) is 141 cm³/mol. The third kappa shape index (κ3) is 4.57. The molecule has 6 heteroatoms. The van der Waals surface area contributed by atoms with Gasteiger partial charge in [0.15, 0.2) is 17.2 Å². The van der Waals surface area contributed by atoms with E-state index in [2.05, 4.69) is 12.6 Å². The van der Waals surface area contributed by atoms with Gasteiger partial charge in [0, 0.05) is 23.7 Å². The Bertz CT molecular complexity index is 1280. The van der Waals surface area contributed by atoms with Crippen LogP contribution in [-0.4, -0.2) is 46.4 Å². The molecule has 0 saturated heterocycles. The van der Waals surface area contributed by atoms with Crippen LogP contribution in [0.15, 0.2) is 43.0 Å². The van der Waals surface area contributed by atoms with Gasteiger partial charge in [-0.15, -0.1) is 0 Å². The Balaban J connectivity index is 1.99. The number of nitrogens with zero attached hydrogens (tertiary/aromatic N) is 3. The molecule has 1 aromatic heterocycles. The Morgan fingerprint density at radius 3 is 2.54 bits per heavy atom. The Hall–Kier alpha value is -3.54. The summed E-state index contributed by atoms with van der Waals surface area (Å²) in [5, 5.41) is 4.92. The van der Waals surface area contributed by atoms with Gasteiger partial charge in [0.1, 0.15) is 0 Å². The molecule has 1 aliphatic rings. The quantitative estimate of drug-likeness (QED) is 0.444. The van der Waals surface area contributed by atoms with Crippen LogP contribution < -0.4 is 9.47 Å². The Morgan fingerprint density at radius 1 is 1.17 bits per heavy atom. The molecule has 2 aromatic carbocycles. The van der Waals surface area contributed by atoms with Crippen LogP contribution in [0, 0.1) is 0 Å². The minimum absolute atomic E-state index is 0.00299. The summed E-state index contributed by atoms with van der Waals surface area (Å²) in [6.45, 7) is 14.0. The summed E-state index contributed by atoms with van der Waals surface area (Å²) in [5.41, 5.74) is 6.08. The topological polar surface area (TPSA) is 56.6 Å². The zero-order valence-corrected chi connectivity index (χ0v) is 21.8. The van der Waals surface area contributed by atoms with Gasteiger partial charge in [0.25, 0.3) is 5.91 Å². The van der Waals surface area contributed by atoms with Crippen molar-refractivity contribution < 1.29 is 14.3 Å². The van der Waals surface area contributed by atoms with E-state index in [0.717, 1.165) is 46.5 Å². The van der Waals surface area contributed by atoms with Crippen molar-refractivity contribution in [1.82, 2.24) is 14.7 Å². The smallest absolute Gasteiger partial charge is 0.274 e. The fourth-order valence-corrected chi connectivity index (χ4v) is 4.36. The van der Waals surface area contributed by atoms with Crippen LogP contribution >= 0.6 is 0 Å². The Kier molecular flexibility index (Phi) is 6.50. The molecule has 0 saturated carbocycles. The number of aromatic nitrogens is 2. The van der Waals surface area contributed by atoms with Crippen LogP contribution in [0.25, 0.3) is 23.0 Å². The number of hydrogen-bond donors (Lipinski definition) is 0. The molecule has 1 heterocycles. The van der Waals surface area contributed by atoms with E-state index in [4.69, 9.17) is 14.6 Å². The Labute approximate surface area is 208 Å². The molecule has 0 bridgehead atoms. The van der Waals surface area contributed by atoms with Gasteiger partial charge >= 0.3 is 0 Å². The maximum atomic E-state index is 13.6. The van der Waals surface area contributed by atoms with Crippen LogP contribution in [-0.2, 0) is 12.8 Å². The number of hydrogen-bond acceptors (Lipinski definition) is 4. The zero-order valence-electron chi connectivity index (χ0n) is 21.8. The lowest BCUT2D eigenvalue weighted by Crippen LogP contribution is -2.43. The van der Waals surface area contributed by atoms with Gasteiger partial charge in [-0.25, -0.2) is 4.68 Å². The van der Waals surface area contributed by atoms with Crippen molar-refractivity contribution in [2.24, 2.45) is 0 Å². The summed E-state index contributed by atoms with van der Waals surface area (Å²) in [6, 6.07) is 12.1. The molecule has 0 spiro atoms. The van der Waals surface area contributed by atoms with Crippen molar-refractivity contribution in [3.05, 3.63) is 65.4 Å². The first-order valence-corrected chi connectivity index (χ1v) is 12.1. The van der Waals surface area contributed by atoms with Gasteiger partial charge in [-0.2, -0.15) is 5.10 Å². The van der Waals surface area contributed by atoms with Crippen molar-refractivity contribution in [2.75, 3.05) is 14.2 Å². The average molecular weight is 474 g/mol. The monoisotopic (exact) mass is 473 g/mol. The third-order valence-corrected chi connectivity index (χ3v) is 6.50. The summed E-state index contributed by atoms with van der Waals surface area (Å²) < 4.78 is 13.6. The van der Waals surface area contributed by atoms with Crippen LogP contribution in [0.4, 0.5) is 0 Å². The molecule has 1 aliphatic carbocycles. The highest BCUT2D eigenvalue weighted by Gasteiger charge is 2.33. The number of fused-ring (bicyclic) bond motifs is 3. The maximum absolute atomic E-state index is 13.6. The minimum Gasteiger partial charge on any atom is -0.493 e. The first kappa shape index (κ1) is 24.6. The lowest BCUT2D eigenvalue weighted by atomic mass is 9.88. The molecule has 4 rings (SSSR count). The fourth-order valence-electron chi connectivity index (χ4n) is 4.36. The highest BCUT2D eigenvalue weighted by molar-refractivity contribution is 5.97. The summed E-state index contributed by atoms with van der Waals surface area (Å²) >= 11 is 0. The predicted octanol–water partition coefficient (Wildman–Crippen LogP) is 5.95. The molecular weight excluding hydrogens is 438 g/mol. The van der Waals surface area contributed by atoms with Crippen LogP contribution in [0.1, 0.15) is 61.8 Å². The number of ether oxygens (including phenoxy) is 2. The molecule has 3 aromatic rings. The lowest BCUT2D eigenvalue weighted by Gasteiger charge is -2.31. The van der Waals surface area contributed by atoms with E-state index in [1.54, 1.807) is 12.0 Å². The molecular formula is C29H35N3O3. The summed E-state index contributed by atoms with van der Waals surface area (Å²) in [5.74, 6) is 1.31. The van der Waals surface area contributed by atoms with Crippen molar-refractivity contribution in [2.45, 2.75) is 59.1 Å². The van der Waals surface area contributed by atoms with E-state index < -0.39 is 0 Å². The number of carbonyl (C=O) groups excluding carboxylic acids is 1. The van der Waals surface area contributed by atoms with Crippen LogP contribution in [0.3, 0.4) is 0 Å². The van der Waals surface area contributed by atoms with Gasteiger partial charge < -0.3 is 14.4 Å². The average Bonchev–Trinajstić information content (AvgIpc) is 3.22. The number of rotatable bonds is 6. The van der Waals surface area contributed by atoms with E-state index in [-0.39, 0.29) is 17.6 Å². The number of benzene rings is 2. The largest absolute Gasteiger partial charge is 0.493 e. The number of aryl methyl sites for hydroxylation is 1. The van der Waals surface area contributed by atoms with Crippen LogP contribution in [0.5, 0.6) is 11.5 Å². The van der Waals surface area contributed by atoms with Crippen molar-refractivity contribution >= 4 is 12.0 Å². The molecule has 0 radical (unpaired) electrons. The number of methoxy groups -OCH3 is 1. The van der Waals surface area contributed by atoms with Gasteiger partial charge in [0.2, 0.25) is 0 Å². The molecule has 0 unspecified atom stereocenters. The van der Waals surface area contributed by atoms with Gasteiger partial charge in [-0.05, 0) is 82.9 Å². The molecule has 35 heavy (non-hydrogen) atoms. The van der Waals surface area contributed by atoms with Crippen molar-refractivity contribution in [1.29, 1.82) is 0 Å².